The third kappa shape index (κ3) is 4.83. The van der Waals surface area contributed by atoms with E-state index in [1.54, 1.807) is 6.20 Å². The maximum absolute atomic E-state index is 12.1. The van der Waals surface area contributed by atoms with Gasteiger partial charge in [0.1, 0.15) is 5.82 Å². The van der Waals surface area contributed by atoms with Crippen molar-refractivity contribution in [3.8, 4) is 0 Å². The molecule has 1 aromatic rings. The summed E-state index contributed by atoms with van der Waals surface area (Å²) in [5.41, 5.74) is 0.676. The van der Waals surface area contributed by atoms with Crippen LogP contribution in [0.2, 0.25) is 0 Å². The van der Waals surface area contributed by atoms with Crippen molar-refractivity contribution in [2.24, 2.45) is 0 Å². The van der Waals surface area contributed by atoms with Gasteiger partial charge < -0.3 is 25.0 Å². The van der Waals surface area contributed by atoms with E-state index < -0.39 is 0 Å². The summed E-state index contributed by atoms with van der Waals surface area (Å²) < 4.78 is 11.3. The molecule has 2 aliphatic rings. The number of carbonyl (C=O) groups excluding carboxylic acids is 1. The fourth-order valence-corrected chi connectivity index (χ4v) is 3.48. The zero-order valence-electron chi connectivity index (χ0n) is 15.2. The molecule has 25 heavy (non-hydrogen) atoms. The quantitative estimate of drug-likeness (QED) is 0.874. The number of ether oxygens (including phenoxy) is 2. The smallest absolute Gasteiger partial charge is 0.319 e. The molecule has 2 aliphatic heterocycles. The molecule has 3 heterocycles. The zero-order valence-corrected chi connectivity index (χ0v) is 15.2. The Morgan fingerprint density at radius 3 is 2.68 bits per heavy atom. The fourth-order valence-electron chi connectivity index (χ4n) is 3.48. The molecule has 4 atom stereocenters. The Kier molecular flexibility index (Phi) is 5.75. The highest BCUT2D eigenvalue weighted by molar-refractivity contribution is 5.89. The van der Waals surface area contributed by atoms with E-state index in [1.807, 2.05) is 19.1 Å². The largest absolute Gasteiger partial charge is 0.376 e. The van der Waals surface area contributed by atoms with Gasteiger partial charge in [0.25, 0.3) is 0 Å². The van der Waals surface area contributed by atoms with Crippen molar-refractivity contribution in [3.63, 3.8) is 0 Å². The lowest BCUT2D eigenvalue weighted by molar-refractivity contribution is -0.00545. The Labute approximate surface area is 149 Å². The van der Waals surface area contributed by atoms with Crippen LogP contribution < -0.4 is 15.5 Å². The summed E-state index contributed by atoms with van der Waals surface area (Å²) >= 11 is 0. The van der Waals surface area contributed by atoms with Gasteiger partial charge in [0.05, 0.1) is 36.2 Å². The topological polar surface area (TPSA) is 75.7 Å². The summed E-state index contributed by atoms with van der Waals surface area (Å²) in [6.07, 6.45) is 4.23. The van der Waals surface area contributed by atoms with Gasteiger partial charge in [0.15, 0.2) is 0 Å². The van der Waals surface area contributed by atoms with Gasteiger partial charge in [-0.3, -0.25) is 0 Å². The molecule has 2 N–H and O–H groups in total. The summed E-state index contributed by atoms with van der Waals surface area (Å²) in [6, 6.07) is 3.57. The van der Waals surface area contributed by atoms with Gasteiger partial charge in [-0.25, -0.2) is 9.78 Å². The Balaban J connectivity index is 1.52. The number of hydrogen-bond acceptors (Lipinski definition) is 5. The molecule has 0 saturated carbocycles. The minimum absolute atomic E-state index is 0.00828. The molecule has 2 fully saturated rings. The van der Waals surface area contributed by atoms with E-state index in [0.29, 0.717) is 5.69 Å². The number of aromatic nitrogens is 1. The predicted octanol–water partition coefficient (Wildman–Crippen LogP) is 2.38. The van der Waals surface area contributed by atoms with Crippen LogP contribution >= 0.6 is 0 Å². The monoisotopic (exact) mass is 348 g/mol. The van der Waals surface area contributed by atoms with Gasteiger partial charge in [-0.05, 0) is 45.7 Å². The number of anilines is 2. The van der Waals surface area contributed by atoms with Gasteiger partial charge in [0.2, 0.25) is 0 Å². The maximum Gasteiger partial charge on any atom is 0.319 e. The van der Waals surface area contributed by atoms with Crippen molar-refractivity contribution < 1.29 is 14.3 Å². The first-order valence-corrected chi connectivity index (χ1v) is 9.07. The Morgan fingerprint density at radius 2 is 2.08 bits per heavy atom. The summed E-state index contributed by atoms with van der Waals surface area (Å²) in [7, 11) is 0. The van der Waals surface area contributed by atoms with Crippen LogP contribution in [0.3, 0.4) is 0 Å². The van der Waals surface area contributed by atoms with Crippen molar-refractivity contribution in [2.45, 2.75) is 58.0 Å². The Bertz CT molecular complexity index is 564. The number of rotatable bonds is 4. The normalized spacial score (nSPS) is 27.8. The molecule has 0 bridgehead atoms. The minimum Gasteiger partial charge on any atom is -0.376 e. The Morgan fingerprint density at radius 1 is 1.32 bits per heavy atom. The summed E-state index contributed by atoms with van der Waals surface area (Å²) in [4.78, 5) is 18.8. The van der Waals surface area contributed by atoms with Crippen molar-refractivity contribution >= 4 is 17.5 Å². The molecule has 2 amide bonds. The van der Waals surface area contributed by atoms with Crippen LogP contribution in [-0.4, -0.2) is 55.1 Å². The lowest BCUT2D eigenvalue weighted by Crippen LogP contribution is -2.45. The molecule has 138 valence electrons. The van der Waals surface area contributed by atoms with E-state index in [9.17, 15) is 4.79 Å². The summed E-state index contributed by atoms with van der Waals surface area (Å²) in [5, 5.41) is 5.76. The van der Waals surface area contributed by atoms with Crippen LogP contribution in [0.1, 0.15) is 33.6 Å². The van der Waals surface area contributed by atoms with Crippen molar-refractivity contribution in [1.29, 1.82) is 0 Å². The van der Waals surface area contributed by atoms with Gasteiger partial charge >= 0.3 is 6.03 Å². The summed E-state index contributed by atoms with van der Waals surface area (Å²) in [5.74, 6) is 0.903. The molecule has 0 aliphatic carbocycles. The maximum atomic E-state index is 12.1. The van der Waals surface area contributed by atoms with E-state index in [1.165, 1.54) is 0 Å². The first kappa shape index (κ1) is 17.9. The van der Waals surface area contributed by atoms with Crippen LogP contribution in [0, 0.1) is 0 Å². The minimum atomic E-state index is -0.230. The molecule has 2 saturated heterocycles. The van der Waals surface area contributed by atoms with Gasteiger partial charge in [0, 0.05) is 19.7 Å². The van der Waals surface area contributed by atoms with E-state index >= 15 is 0 Å². The molecule has 7 nitrogen and oxygen atoms in total. The molecule has 0 aromatic carbocycles. The van der Waals surface area contributed by atoms with Gasteiger partial charge in [-0.15, -0.1) is 0 Å². The number of amides is 2. The molecule has 0 unspecified atom stereocenters. The number of pyridine rings is 1. The second-order valence-corrected chi connectivity index (χ2v) is 7.01. The van der Waals surface area contributed by atoms with Crippen LogP contribution in [0.4, 0.5) is 16.3 Å². The van der Waals surface area contributed by atoms with Crippen molar-refractivity contribution in [1.82, 2.24) is 10.3 Å². The highest BCUT2D eigenvalue weighted by atomic mass is 16.5. The second kappa shape index (κ2) is 8.01. The number of morpholine rings is 1. The third-order valence-corrected chi connectivity index (χ3v) is 4.63. The van der Waals surface area contributed by atoms with Crippen LogP contribution in [0.15, 0.2) is 18.3 Å². The number of hydrogen-bond donors (Lipinski definition) is 2. The average molecular weight is 348 g/mol. The fraction of sp³-hybridized carbons (Fsp3) is 0.667. The van der Waals surface area contributed by atoms with E-state index in [0.717, 1.165) is 38.4 Å². The molecular weight excluding hydrogens is 320 g/mol. The predicted molar refractivity (Wildman–Crippen MR) is 97.0 cm³/mol. The zero-order chi connectivity index (χ0) is 17.8. The SMILES string of the molecule is C[C@@H]1CN(c2ccc(NC(=O)N[C@H](C)[C@H]3CCCO3)cn2)C[C@H](C)O1. The van der Waals surface area contributed by atoms with E-state index in [4.69, 9.17) is 9.47 Å². The lowest BCUT2D eigenvalue weighted by Gasteiger charge is -2.36. The van der Waals surface area contributed by atoms with Gasteiger partial charge in [-0.1, -0.05) is 0 Å². The van der Waals surface area contributed by atoms with Crippen LogP contribution in [-0.2, 0) is 9.47 Å². The highest BCUT2D eigenvalue weighted by Gasteiger charge is 2.24. The molecule has 0 spiro atoms. The average Bonchev–Trinajstić information content (AvgIpc) is 3.09. The number of carbonyl (C=O) groups is 1. The first-order valence-electron chi connectivity index (χ1n) is 9.07. The molecule has 7 heteroatoms. The number of nitrogens with zero attached hydrogens (tertiary/aromatic N) is 2. The summed E-state index contributed by atoms with van der Waals surface area (Å²) in [6.45, 7) is 8.53. The second-order valence-electron chi connectivity index (χ2n) is 7.01. The van der Waals surface area contributed by atoms with E-state index in [-0.39, 0.29) is 30.4 Å². The number of nitrogens with one attached hydrogen (secondary N) is 2. The number of urea groups is 1. The van der Waals surface area contributed by atoms with E-state index in [2.05, 4.69) is 34.4 Å². The lowest BCUT2D eigenvalue weighted by atomic mass is 10.1. The molecular formula is C18H28N4O3. The van der Waals surface area contributed by atoms with Gasteiger partial charge in [-0.2, -0.15) is 0 Å². The molecule has 3 rings (SSSR count). The van der Waals surface area contributed by atoms with Crippen molar-refractivity contribution in [2.75, 3.05) is 29.9 Å². The van der Waals surface area contributed by atoms with Crippen LogP contribution in [0.25, 0.3) is 0 Å². The first-order chi connectivity index (χ1) is 12.0. The van der Waals surface area contributed by atoms with Crippen molar-refractivity contribution in [3.05, 3.63) is 18.3 Å². The molecule has 1 aromatic heterocycles. The van der Waals surface area contributed by atoms with Crippen LogP contribution in [0.5, 0.6) is 0 Å². The molecule has 0 radical (unpaired) electrons. The standard InChI is InChI=1S/C18H28N4O3/c1-12-10-22(11-13(2)25-12)17-7-6-15(9-19-17)21-18(23)20-14(3)16-5-4-8-24-16/h6-7,9,12-14,16H,4-5,8,10-11H2,1-3H3,(H2,20,21,23)/t12-,13+,14-,16-/m1/s1. The highest BCUT2D eigenvalue weighted by Crippen LogP contribution is 2.20. The third-order valence-electron chi connectivity index (χ3n) is 4.63. The Hall–Kier alpha value is -1.86.